The number of rotatable bonds is 6. The molecule has 0 unspecified atom stereocenters. The molecule has 0 bridgehead atoms. The molecule has 0 atom stereocenters. The van der Waals surface area contributed by atoms with Gasteiger partial charge in [0.25, 0.3) is 0 Å². The van der Waals surface area contributed by atoms with Crippen molar-refractivity contribution in [3.05, 3.63) is 59.7 Å². The van der Waals surface area contributed by atoms with Gasteiger partial charge in [-0.15, -0.1) is 0 Å². The fourth-order valence-electron chi connectivity index (χ4n) is 1.92. The first kappa shape index (κ1) is 15.6. The first-order valence-electron chi connectivity index (χ1n) is 6.92. The van der Waals surface area contributed by atoms with Crippen LogP contribution < -0.4 is 10.2 Å². The largest absolute Gasteiger partial charge is 0.504 e. The lowest BCUT2D eigenvalue weighted by molar-refractivity contribution is -0.121. The molecule has 0 aliphatic rings. The van der Waals surface area contributed by atoms with Crippen molar-refractivity contribution in [1.29, 1.82) is 0 Å². The van der Waals surface area contributed by atoms with Crippen LogP contribution in [0.2, 0.25) is 0 Å². The minimum atomic E-state index is -0.155. The minimum Gasteiger partial charge on any atom is -0.504 e. The summed E-state index contributed by atoms with van der Waals surface area (Å²) in [6.45, 7) is 0. The van der Waals surface area contributed by atoms with Crippen molar-refractivity contribution >= 4 is 12.1 Å². The molecule has 5 heteroatoms. The van der Waals surface area contributed by atoms with Crippen LogP contribution >= 0.6 is 0 Å². The van der Waals surface area contributed by atoms with E-state index in [-0.39, 0.29) is 11.7 Å². The Morgan fingerprint density at radius 3 is 2.73 bits per heavy atom. The van der Waals surface area contributed by atoms with Crippen molar-refractivity contribution in [3.63, 3.8) is 0 Å². The number of methoxy groups -OCH3 is 1. The lowest BCUT2D eigenvalue weighted by Crippen LogP contribution is -2.17. The van der Waals surface area contributed by atoms with E-state index in [1.807, 2.05) is 30.3 Å². The van der Waals surface area contributed by atoms with Gasteiger partial charge in [0.05, 0.1) is 13.3 Å². The Bertz CT molecular complexity index is 654. The van der Waals surface area contributed by atoms with Gasteiger partial charge in [0, 0.05) is 6.42 Å². The third-order valence-corrected chi connectivity index (χ3v) is 3.09. The van der Waals surface area contributed by atoms with Crippen molar-refractivity contribution in [2.75, 3.05) is 7.11 Å². The van der Waals surface area contributed by atoms with Crippen LogP contribution in [0.5, 0.6) is 11.5 Å². The van der Waals surface area contributed by atoms with Crippen LogP contribution in [0, 0.1) is 0 Å². The molecule has 114 valence electrons. The molecule has 0 fully saturated rings. The topological polar surface area (TPSA) is 70.9 Å². The van der Waals surface area contributed by atoms with Gasteiger partial charge in [-0.2, -0.15) is 5.10 Å². The molecular formula is C17H18N2O3. The number of nitrogens with one attached hydrogen (secondary N) is 1. The van der Waals surface area contributed by atoms with Gasteiger partial charge in [0.2, 0.25) is 5.91 Å². The van der Waals surface area contributed by atoms with Crippen molar-refractivity contribution < 1.29 is 14.6 Å². The summed E-state index contributed by atoms with van der Waals surface area (Å²) >= 11 is 0. The maximum atomic E-state index is 11.7. The summed E-state index contributed by atoms with van der Waals surface area (Å²) in [7, 11) is 1.48. The Balaban J connectivity index is 1.81. The molecule has 0 aliphatic heterocycles. The lowest BCUT2D eigenvalue weighted by atomic mass is 10.1. The molecule has 2 N–H and O–H groups in total. The predicted octanol–water partition coefficient (Wildman–Crippen LogP) is 2.48. The first-order chi connectivity index (χ1) is 10.7. The van der Waals surface area contributed by atoms with E-state index >= 15 is 0 Å². The van der Waals surface area contributed by atoms with Crippen LogP contribution in [-0.4, -0.2) is 24.3 Å². The quantitative estimate of drug-likeness (QED) is 0.636. The second-order valence-electron chi connectivity index (χ2n) is 4.71. The van der Waals surface area contributed by atoms with E-state index in [1.165, 1.54) is 19.4 Å². The standard InChI is InChI=1S/C17H18N2O3/c1-22-16-9-7-14(11-15(16)20)12-18-19-17(21)10-8-13-5-3-2-4-6-13/h2-7,9,11-12,20H,8,10H2,1H3,(H,19,21). The summed E-state index contributed by atoms with van der Waals surface area (Å²) in [6.07, 6.45) is 2.51. The Labute approximate surface area is 129 Å². The van der Waals surface area contributed by atoms with Crippen molar-refractivity contribution in [2.24, 2.45) is 5.10 Å². The highest BCUT2D eigenvalue weighted by molar-refractivity contribution is 5.83. The average molecular weight is 298 g/mol. The Hall–Kier alpha value is -2.82. The zero-order valence-electron chi connectivity index (χ0n) is 12.3. The normalized spacial score (nSPS) is 10.6. The average Bonchev–Trinajstić information content (AvgIpc) is 2.54. The van der Waals surface area contributed by atoms with Gasteiger partial charge in [0.1, 0.15) is 0 Å². The molecule has 2 aromatic rings. The Kier molecular flexibility index (Phi) is 5.54. The van der Waals surface area contributed by atoms with E-state index in [1.54, 1.807) is 12.1 Å². The van der Waals surface area contributed by atoms with Crippen LogP contribution in [0.25, 0.3) is 0 Å². The fraction of sp³-hybridized carbons (Fsp3) is 0.176. The minimum absolute atomic E-state index is 0.0295. The summed E-state index contributed by atoms with van der Waals surface area (Å²) in [5.41, 5.74) is 4.25. The monoisotopic (exact) mass is 298 g/mol. The van der Waals surface area contributed by atoms with Crippen LogP contribution in [-0.2, 0) is 11.2 Å². The van der Waals surface area contributed by atoms with Gasteiger partial charge < -0.3 is 9.84 Å². The van der Waals surface area contributed by atoms with Gasteiger partial charge in [-0.1, -0.05) is 30.3 Å². The summed E-state index contributed by atoms with van der Waals surface area (Å²) in [6, 6.07) is 14.7. The second kappa shape index (κ2) is 7.83. The van der Waals surface area contributed by atoms with Crippen LogP contribution in [0.3, 0.4) is 0 Å². The van der Waals surface area contributed by atoms with Crippen molar-refractivity contribution in [1.82, 2.24) is 5.43 Å². The van der Waals surface area contributed by atoms with E-state index in [4.69, 9.17) is 4.74 Å². The number of amides is 1. The summed E-state index contributed by atoms with van der Waals surface area (Å²) in [4.78, 5) is 11.7. The second-order valence-corrected chi connectivity index (χ2v) is 4.71. The van der Waals surface area contributed by atoms with Crippen LogP contribution in [0.4, 0.5) is 0 Å². The number of phenolic OH excluding ortho intramolecular Hbond substituents is 1. The van der Waals surface area contributed by atoms with Gasteiger partial charge in [0.15, 0.2) is 11.5 Å². The van der Waals surface area contributed by atoms with Gasteiger partial charge >= 0.3 is 0 Å². The summed E-state index contributed by atoms with van der Waals surface area (Å²) in [5.74, 6) is 0.267. The molecule has 0 saturated heterocycles. The molecule has 2 aromatic carbocycles. The predicted molar refractivity (Wildman–Crippen MR) is 85.2 cm³/mol. The fourth-order valence-corrected chi connectivity index (χ4v) is 1.92. The van der Waals surface area contributed by atoms with Crippen molar-refractivity contribution in [3.8, 4) is 11.5 Å². The number of aromatic hydroxyl groups is 1. The van der Waals surface area contributed by atoms with Crippen LogP contribution in [0.1, 0.15) is 17.5 Å². The highest BCUT2D eigenvalue weighted by atomic mass is 16.5. The smallest absolute Gasteiger partial charge is 0.240 e. The molecule has 2 rings (SSSR count). The number of hydrogen-bond acceptors (Lipinski definition) is 4. The number of hydrogen-bond donors (Lipinski definition) is 2. The number of carbonyl (C=O) groups excluding carboxylic acids is 1. The summed E-state index contributed by atoms with van der Waals surface area (Å²) < 4.78 is 4.95. The third kappa shape index (κ3) is 4.63. The Morgan fingerprint density at radius 1 is 1.27 bits per heavy atom. The van der Waals surface area contributed by atoms with Gasteiger partial charge in [-0.3, -0.25) is 4.79 Å². The number of carbonyl (C=O) groups is 1. The molecule has 5 nitrogen and oxygen atoms in total. The van der Waals surface area contributed by atoms with Gasteiger partial charge in [-0.05, 0) is 35.7 Å². The number of phenols is 1. The van der Waals surface area contributed by atoms with E-state index in [0.717, 1.165) is 5.56 Å². The zero-order chi connectivity index (χ0) is 15.8. The summed E-state index contributed by atoms with van der Waals surface area (Å²) in [5, 5.41) is 13.5. The Morgan fingerprint density at radius 2 is 2.05 bits per heavy atom. The van der Waals surface area contributed by atoms with E-state index in [0.29, 0.717) is 24.2 Å². The van der Waals surface area contributed by atoms with E-state index < -0.39 is 0 Å². The molecule has 0 heterocycles. The number of benzene rings is 2. The number of aryl methyl sites for hydroxylation is 1. The molecule has 0 aromatic heterocycles. The lowest BCUT2D eigenvalue weighted by Gasteiger charge is -2.03. The first-order valence-corrected chi connectivity index (χ1v) is 6.92. The number of hydrazone groups is 1. The highest BCUT2D eigenvalue weighted by Crippen LogP contribution is 2.25. The maximum absolute atomic E-state index is 11.7. The number of nitrogens with zero attached hydrogens (tertiary/aromatic N) is 1. The molecular weight excluding hydrogens is 280 g/mol. The zero-order valence-corrected chi connectivity index (χ0v) is 12.3. The van der Waals surface area contributed by atoms with Gasteiger partial charge in [-0.25, -0.2) is 5.43 Å². The highest BCUT2D eigenvalue weighted by Gasteiger charge is 2.02. The SMILES string of the molecule is COc1ccc(C=NNC(=O)CCc2ccccc2)cc1O. The molecule has 1 amide bonds. The molecule has 22 heavy (non-hydrogen) atoms. The molecule has 0 radical (unpaired) electrons. The molecule has 0 aliphatic carbocycles. The molecule has 0 spiro atoms. The van der Waals surface area contributed by atoms with E-state index in [9.17, 15) is 9.90 Å². The van der Waals surface area contributed by atoms with Crippen LogP contribution in [0.15, 0.2) is 53.6 Å². The third-order valence-electron chi connectivity index (χ3n) is 3.09. The molecule has 0 saturated carbocycles. The van der Waals surface area contributed by atoms with Crippen molar-refractivity contribution in [2.45, 2.75) is 12.8 Å². The van der Waals surface area contributed by atoms with E-state index in [2.05, 4.69) is 10.5 Å². The number of ether oxygens (including phenoxy) is 1. The maximum Gasteiger partial charge on any atom is 0.240 e.